The fraction of sp³-hybridized carbons (Fsp3) is 0.500. The fourth-order valence-corrected chi connectivity index (χ4v) is 1.97. The van der Waals surface area contributed by atoms with Crippen LogP contribution >= 0.6 is 0 Å². The van der Waals surface area contributed by atoms with Gasteiger partial charge in [0.05, 0.1) is 0 Å². The van der Waals surface area contributed by atoms with Crippen LogP contribution in [-0.4, -0.2) is 38.5 Å². The molecule has 21 heavy (non-hydrogen) atoms. The lowest BCUT2D eigenvalue weighted by atomic mass is 10.2. The van der Waals surface area contributed by atoms with E-state index in [1.807, 2.05) is 30.3 Å². The molecule has 1 aliphatic rings. The van der Waals surface area contributed by atoms with Gasteiger partial charge in [0, 0.05) is 32.2 Å². The Morgan fingerprint density at radius 1 is 1.14 bits per heavy atom. The molecule has 0 atom stereocenters. The summed E-state index contributed by atoms with van der Waals surface area (Å²) in [4.78, 5) is 16.0. The molecule has 1 saturated carbocycles. The van der Waals surface area contributed by atoms with Crippen molar-refractivity contribution in [1.82, 2.24) is 16.0 Å². The summed E-state index contributed by atoms with van der Waals surface area (Å²) < 4.78 is 0. The first kappa shape index (κ1) is 15.4. The molecule has 5 nitrogen and oxygen atoms in total. The molecule has 1 fully saturated rings. The van der Waals surface area contributed by atoms with Crippen molar-refractivity contribution in [1.29, 1.82) is 0 Å². The normalized spacial score (nSPS) is 14.6. The summed E-state index contributed by atoms with van der Waals surface area (Å²) >= 11 is 0. The summed E-state index contributed by atoms with van der Waals surface area (Å²) in [7, 11) is 1.78. The maximum Gasteiger partial charge on any atom is 0.251 e. The van der Waals surface area contributed by atoms with Crippen LogP contribution in [0.15, 0.2) is 35.3 Å². The average Bonchev–Trinajstić information content (AvgIpc) is 3.35. The minimum atomic E-state index is -0.0214. The van der Waals surface area contributed by atoms with Crippen molar-refractivity contribution >= 4 is 11.9 Å². The van der Waals surface area contributed by atoms with Crippen LogP contribution in [-0.2, 0) is 0 Å². The Morgan fingerprint density at radius 3 is 2.52 bits per heavy atom. The Morgan fingerprint density at radius 2 is 1.86 bits per heavy atom. The first-order chi connectivity index (χ1) is 10.3. The maximum absolute atomic E-state index is 11.8. The molecule has 1 aromatic carbocycles. The van der Waals surface area contributed by atoms with E-state index in [9.17, 15) is 4.79 Å². The standard InChI is InChI=1S/C16H24N4O/c1-17-16(20-12-13-8-9-13)19-11-5-10-18-15(21)14-6-3-2-4-7-14/h2-4,6-7,13H,5,8-12H2,1H3,(H,18,21)(H2,17,19,20). The molecular formula is C16H24N4O. The van der Waals surface area contributed by atoms with E-state index in [1.54, 1.807) is 7.05 Å². The van der Waals surface area contributed by atoms with Crippen LogP contribution in [0.1, 0.15) is 29.6 Å². The predicted octanol–water partition coefficient (Wildman–Crippen LogP) is 1.38. The minimum Gasteiger partial charge on any atom is -0.356 e. The van der Waals surface area contributed by atoms with E-state index >= 15 is 0 Å². The van der Waals surface area contributed by atoms with E-state index in [0.29, 0.717) is 12.1 Å². The molecular weight excluding hydrogens is 264 g/mol. The number of benzene rings is 1. The summed E-state index contributed by atoms with van der Waals surface area (Å²) in [6, 6.07) is 9.27. The van der Waals surface area contributed by atoms with Crippen molar-refractivity contribution < 1.29 is 4.79 Å². The van der Waals surface area contributed by atoms with Gasteiger partial charge >= 0.3 is 0 Å². The second-order valence-electron chi connectivity index (χ2n) is 5.30. The van der Waals surface area contributed by atoms with Gasteiger partial charge in [-0.15, -0.1) is 0 Å². The molecule has 3 N–H and O–H groups in total. The number of aliphatic imine (C=N–C) groups is 1. The first-order valence-electron chi connectivity index (χ1n) is 7.57. The van der Waals surface area contributed by atoms with Crippen molar-refractivity contribution in [3.63, 3.8) is 0 Å². The van der Waals surface area contributed by atoms with Crippen LogP contribution in [0, 0.1) is 5.92 Å². The average molecular weight is 288 g/mol. The molecule has 0 saturated heterocycles. The number of hydrogen-bond donors (Lipinski definition) is 3. The minimum absolute atomic E-state index is 0.0214. The van der Waals surface area contributed by atoms with Gasteiger partial charge < -0.3 is 16.0 Å². The number of carbonyl (C=O) groups excluding carboxylic acids is 1. The topological polar surface area (TPSA) is 65.5 Å². The van der Waals surface area contributed by atoms with Crippen LogP contribution in [0.4, 0.5) is 0 Å². The van der Waals surface area contributed by atoms with Crippen LogP contribution in [0.25, 0.3) is 0 Å². The summed E-state index contributed by atoms with van der Waals surface area (Å²) in [6.07, 6.45) is 3.52. The zero-order valence-corrected chi connectivity index (χ0v) is 12.6. The van der Waals surface area contributed by atoms with Crippen LogP contribution in [0.5, 0.6) is 0 Å². The van der Waals surface area contributed by atoms with Gasteiger partial charge in [0.15, 0.2) is 5.96 Å². The highest BCUT2D eigenvalue weighted by molar-refractivity contribution is 5.94. The summed E-state index contributed by atoms with van der Waals surface area (Å²) in [5, 5.41) is 9.47. The molecule has 2 rings (SSSR count). The quantitative estimate of drug-likeness (QED) is 0.403. The lowest BCUT2D eigenvalue weighted by Crippen LogP contribution is -2.39. The van der Waals surface area contributed by atoms with Gasteiger partial charge in [-0.1, -0.05) is 18.2 Å². The molecule has 1 aliphatic carbocycles. The number of nitrogens with one attached hydrogen (secondary N) is 3. The van der Waals surface area contributed by atoms with Gasteiger partial charge in [-0.2, -0.15) is 0 Å². The molecule has 0 aromatic heterocycles. The van der Waals surface area contributed by atoms with Crippen molar-refractivity contribution in [2.75, 3.05) is 26.7 Å². The molecule has 0 heterocycles. The number of rotatable bonds is 7. The molecule has 0 spiro atoms. The van der Waals surface area contributed by atoms with Crippen molar-refractivity contribution in [2.24, 2.45) is 10.9 Å². The number of carbonyl (C=O) groups is 1. The maximum atomic E-state index is 11.8. The summed E-state index contributed by atoms with van der Waals surface area (Å²) in [5.41, 5.74) is 0.701. The molecule has 1 aromatic rings. The summed E-state index contributed by atoms with van der Waals surface area (Å²) in [5.74, 6) is 1.65. The van der Waals surface area contributed by atoms with Crippen molar-refractivity contribution in [3.8, 4) is 0 Å². The van der Waals surface area contributed by atoms with Crippen LogP contribution < -0.4 is 16.0 Å². The SMILES string of the molecule is CN=C(NCCCNC(=O)c1ccccc1)NCC1CC1. The highest BCUT2D eigenvalue weighted by Crippen LogP contribution is 2.27. The van der Waals surface area contributed by atoms with Crippen molar-refractivity contribution in [2.45, 2.75) is 19.3 Å². The highest BCUT2D eigenvalue weighted by Gasteiger charge is 2.20. The van der Waals surface area contributed by atoms with E-state index in [-0.39, 0.29) is 5.91 Å². The fourth-order valence-electron chi connectivity index (χ4n) is 1.97. The van der Waals surface area contributed by atoms with Gasteiger partial charge in [-0.25, -0.2) is 0 Å². The summed E-state index contributed by atoms with van der Waals surface area (Å²) in [6.45, 7) is 2.45. The molecule has 5 heteroatoms. The predicted molar refractivity (Wildman–Crippen MR) is 85.5 cm³/mol. The molecule has 0 aliphatic heterocycles. The Balaban J connectivity index is 1.55. The smallest absolute Gasteiger partial charge is 0.251 e. The molecule has 0 unspecified atom stereocenters. The molecule has 0 bridgehead atoms. The molecule has 114 valence electrons. The zero-order valence-electron chi connectivity index (χ0n) is 12.6. The first-order valence-corrected chi connectivity index (χ1v) is 7.57. The molecule has 0 radical (unpaired) electrons. The Kier molecular flexibility index (Phi) is 6.06. The lowest BCUT2D eigenvalue weighted by molar-refractivity contribution is 0.0953. The monoisotopic (exact) mass is 288 g/mol. The Bertz CT molecular complexity index is 468. The third-order valence-electron chi connectivity index (χ3n) is 3.45. The third-order valence-corrected chi connectivity index (χ3v) is 3.45. The van der Waals surface area contributed by atoms with E-state index in [4.69, 9.17) is 0 Å². The van der Waals surface area contributed by atoms with Crippen molar-refractivity contribution in [3.05, 3.63) is 35.9 Å². The van der Waals surface area contributed by atoms with Gasteiger partial charge in [-0.05, 0) is 37.3 Å². The molecule has 1 amide bonds. The number of guanidine groups is 1. The highest BCUT2D eigenvalue weighted by atomic mass is 16.1. The van der Waals surface area contributed by atoms with Crippen LogP contribution in [0.3, 0.4) is 0 Å². The van der Waals surface area contributed by atoms with Gasteiger partial charge in [-0.3, -0.25) is 9.79 Å². The van der Waals surface area contributed by atoms with E-state index in [0.717, 1.165) is 31.4 Å². The number of hydrogen-bond acceptors (Lipinski definition) is 2. The number of nitrogens with zero attached hydrogens (tertiary/aromatic N) is 1. The Labute approximate surface area is 126 Å². The van der Waals surface area contributed by atoms with E-state index < -0.39 is 0 Å². The Hall–Kier alpha value is -2.04. The van der Waals surface area contributed by atoms with Crippen LogP contribution in [0.2, 0.25) is 0 Å². The van der Waals surface area contributed by atoms with Gasteiger partial charge in [0.2, 0.25) is 0 Å². The van der Waals surface area contributed by atoms with E-state index in [2.05, 4.69) is 20.9 Å². The largest absolute Gasteiger partial charge is 0.356 e. The van der Waals surface area contributed by atoms with Gasteiger partial charge in [0.25, 0.3) is 5.91 Å². The number of amides is 1. The third kappa shape index (κ3) is 5.85. The lowest BCUT2D eigenvalue weighted by Gasteiger charge is -2.11. The second kappa shape index (κ2) is 8.29. The van der Waals surface area contributed by atoms with E-state index in [1.165, 1.54) is 12.8 Å². The van der Waals surface area contributed by atoms with Gasteiger partial charge in [0.1, 0.15) is 0 Å². The zero-order chi connectivity index (χ0) is 14.9. The second-order valence-corrected chi connectivity index (χ2v) is 5.30.